The summed E-state index contributed by atoms with van der Waals surface area (Å²) < 4.78 is 5.67. The summed E-state index contributed by atoms with van der Waals surface area (Å²) in [4.78, 5) is 8.41. The van der Waals surface area contributed by atoms with Crippen molar-refractivity contribution in [1.82, 2.24) is 9.97 Å². The molecule has 1 aromatic heterocycles. The van der Waals surface area contributed by atoms with E-state index in [1.54, 1.807) is 18.2 Å². The summed E-state index contributed by atoms with van der Waals surface area (Å²) in [5.74, 6) is 1.74. The third-order valence-corrected chi connectivity index (χ3v) is 4.79. The zero-order chi connectivity index (χ0) is 19.9. The lowest BCUT2D eigenvalue weighted by atomic mass is 10.3. The Morgan fingerprint density at radius 2 is 1.71 bits per heavy atom. The second-order valence-electron chi connectivity index (χ2n) is 6.06. The van der Waals surface area contributed by atoms with Crippen LogP contribution in [0.25, 0.3) is 0 Å². The van der Waals surface area contributed by atoms with Gasteiger partial charge in [0.1, 0.15) is 17.8 Å². The number of ether oxygens (including phenoxy) is 1. The molecular formula is C20H21Cl2N5O. The van der Waals surface area contributed by atoms with Crippen LogP contribution >= 0.6 is 23.2 Å². The van der Waals surface area contributed by atoms with E-state index in [1.807, 2.05) is 24.3 Å². The Hall–Kier alpha value is -2.70. The van der Waals surface area contributed by atoms with Gasteiger partial charge in [0.2, 0.25) is 0 Å². The molecule has 6 nitrogen and oxygen atoms in total. The molecule has 3 aromatic rings. The molecule has 0 aliphatic rings. The highest BCUT2D eigenvalue weighted by Gasteiger charge is 2.11. The van der Waals surface area contributed by atoms with Crippen molar-refractivity contribution in [2.75, 3.05) is 23.0 Å². The summed E-state index contributed by atoms with van der Waals surface area (Å²) in [5.41, 5.74) is 8.03. The fraction of sp³-hybridized carbons (Fsp3) is 0.200. The molecule has 1 heterocycles. The summed E-state index contributed by atoms with van der Waals surface area (Å²) in [6, 6.07) is 12.9. The van der Waals surface area contributed by atoms with Gasteiger partial charge in [-0.05, 0) is 42.8 Å². The number of rotatable bonds is 8. The van der Waals surface area contributed by atoms with Crippen molar-refractivity contribution in [2.45, 2.75) is 19.8 Å². The number of unbranched alkanes of at least 4 members (excludes halogenated alkanes) is 1. The first kappa shape index (κ1) is 20.0. The van der Waals surface area contributed by atoms with Crippen LogP contribution in [-0.2, 0) is 0 Å². The zero-order valence-corrected chi connectivity index (χ0v) is 16.9. The van der Waals surface area contributed by atoms with Gasteiger partial charge in [-0.1, -0.05) is 42.6 Å². The van der Waals surface area contributed by atoms with Gasteiger partial charge >= 0.3 is 0 Å². The molecule has 4 N–H and O–H groups in total. The summed E-state index contributed by atoms with van der Waals surface area (Å²) in [6.07, 6.45) is 3.55. The van der Waals surface area contributed by atoms with Crippen molar-refractivity contribution in [3.8, 4) is 5.75 Å². The molecule has 0 aliphatic heterocycles. The summed E-state index contributed by atoms with van der Waals surface area (Å²) >= 11 is 12.3. The van der Waals surface area contributed by atoms with Gasteiger partial charge in [-0.15, -0.1) is 0 Å². The molecular weight excluding hydrogens is 397 g/mol. The van der Waals surface area contributed by atoms with E-state index in [0.717, 1.165) is 24.3 Å². The molecule has 0 saturated carbocycles. The minimum atomic E-state index is 0.363. The van der Waals surface area contributed by atoms with E-state index in [0.29, 0.717) is 39.7 Å². The molecule has 0 fully saturated rings. The van der Waals surface area contributed by atoms with E-state index in [9.17, 15) is 0 Å². The average Bonchev–Trinajstić information content (AvgIpc) is 2.70. The number of hydrogen-bond acceptors (Lipinski definition) is 6. The number of halogens is 2. The van der Waals surface area contributed by atoms with E-state index < -0.39 is 0 Å². The molecule has 0 unspecified atom stereocenters. The Balaban J connectivity index is 1.73. The number of hydrogen-bond donors (Lipinski definition) is 3. The summed E-state index contributed by atoms with van der Waals surface area (Å²) in [5, 5.41) is 7.12. The van der Waals surface area contributed by atoms with Crippen LogP contribution < -0.4 is 21.1 Å². The third kappa shape index (κ3) is 4.97. The lowest BCUT2D eigenvalue weighted by molar-refractivity contribution is 0.309. The lowest BCUT2D eigenvalue weighted by Crippen LogP contribution is -2.05. The van der Waals surface area contributed by atoms with Crippen molar-refractivity contribution in [1.29, 1.82) is 0 Å². The van der Waals surface area contributed by atoms with E-state index >= 15 is 0 Å². The molecule has 0 radical (unpaired) electrons. The molecule has 0 bridgehead atoms. The van der Waals surface area contributed by atoms with Gasteiger partial charge in [0.25, 0.3) is 0 Å². The number of benzene rings is 2. The molecule has 3 rings (SSSR count). The maximum absolute atomic E-state index is 6.23. The number of anilines is 5. The van der Waals surface area contributed by atoms with Crippen LogP contribution in [0, 0.1) is 0 Å². The Morgan fingerprint density at radius 3 is 2.43 bits per heavy atom. The standard InChI is InChI=1S/C20H21Cl2N5O/c1-2-3-11-28-14-9-7-13(8-10-14)26-19-18(23)20(25-12-24-19)27-16-6-4-5-15(21)17(16)22/h4-10,12H,2-3,11,23H2,1H3,(H2,24,25,26,27). The highest BCUT2D eigenvalue weighted by Crippen LogP contribution is 2.34. The fourth-order valence-electron chi connectivity index (χ4n) is 2.43. The van der Waals surface area contributed by atoms with Crippen LogP contribution in [0.5, 0.6) is 5.75 Å². The van der Waals surface area contributed by atoms with Gasteiger partial charge in [-0.25, -0.2) is 9.97 Å². The van der Waals surface area contributed by atoms with E-state index in [4.69, 9.17) is 33.7 Å². The van der Waals surface area contributed by atoms with E-state index in [-0.39, 0.29) is 0 Å². The Kier molecular flexibility index (Phi) is 6.79. The van der Waals surface area contributed by atoms with Crippen LogP contribution in [0.3, 0.4) is 0 Å². The first-order valence-corrected chi connectivity index (χ1v) is 9.65. The number of nitrogens with one attached hydrogen (secondary N) is 2. The Labute approximate surface area is 174 Å². The van der Waals surface area contributed by atoms with Crippen molar-refractivity contribution >= 4 is 51.9 Å². The van der Waals surface area contributed by atoms with Gasteiger partial charge in [-0.2, -0.15) is 0 Å². The maximum atomic E-state index is 6.23. The molecule has 0 aliphatic carbocycles. The maximum Gasteiger partial charge on any atom is 0.159 e. The number of nitrogen functional groups attached to an aromatic ring is 1. The topological polar surface area (TPSA) is 85.1 Å². The van der Waals surface area contributed by atoms with Gasteiger partial charge in [-0.3, -0.25) is 0 Å². The van der Waals surface area contributed by atoms with E-state index in [1.165, 1.54) is 6.33 Å². The predicted molar refractivity (Wildman–Crippen MR) is 116 cm³/mol. The summed E-state index contributed by atoms with van der Waals surface area (Å²) in [6.45, 7) is 2.84. The normalized spacial score (nSPS) is 10.5. The second kappa shape index (κ2) is 9.48. The fourth-order valence-corrected chi connectivity index (χ4v) is 2.78. The van der Waals surface area contributed by atoms with Crippen LogP contribution in [0.2, 0.25) is 10.0 Å². The molecule has 0 amide bonds. The highest BCUT2D eigenvalue weighted by atomic mass is 35.5. The lowest BCUT2D eigenvalue weighted by Gasteiger charge is -2.14. The molecule has 0 saturated heterocycles. The van der Waals surface area contributed by atoms with Crippen molar-refractivity contribution in [3.05, 3.63) is 58.8 Å². The second-order valence-corrected chi connectivity index (χ2v) is 6.85. The minimum Gasteiger partial charge on any atom is -0.494 e. The van der Waals surface area contributed by atoms with Crippen molar-refractivity contribution < 1.29 is 4.74 Å². The van der Waals surface area contributed by atoms with Crippen molar-refractivity contribution in [2.24, 2.45) is 0 Å². The average molecular weight is 418 g/mol. The largest absolute Gasteiger partial charge is 0.494 e. The summed E-state index contributed by atoms with van der Waals surface area (Å²) in [7, 11) is 0. The minimum absolute atomic E-state index is 0.363. The van der Waals surface area contributed by atoms with Gasteiger partial charge in [0, 0.05) is 5.69 Å². The number of aromatic nitrogens is 2. The molecule has 28 heavy (non-hydrogen) atoms. The first-order chi connectivity index (χ1) is 13.6. The Morgan fingerprint density at radius 1 is 1.00 bits per heavy atom. The van der Waals surface area contributed by atoms with Crippen LogP contribution in [0.15, 0.2) is 48.8 Å². The molecule has 0 spiro atoms. The highest BCUT2D eigenvalue weighted by molar-refractivity contribution is 6.43. The monoisotopic (exact) mass is 417 g/mol. The zero-order valence-electron chi connectivity index (χ0n) is 15.4. The van der Waals surface area contributed by atoms with Gasteiger partial charge in [0.15, 0.2) is 11.6 Å². The third-order valence-electron chi connectivity index (χ3n) is 3.97. The smallest absolute Gasteiger partial charge is 0.159 e. The number of nitrogens with two attached hydrogens (primary N) is 1. The van der Waals surface area contributed by atoms with Crippen molar-refractivity contribution in [3.63, 3.8) is 0 Å². The molecule has 146 valence electrons. The quantitative estimate of drug-likeness (QED) is 0.387. The molecule has 0 atom stereocenters. The van der Waals surface area contributed by atoms with Gasteiger partial charge < -0.3 is 21.1 Å². The molecule has 8 heteroatoms. The van der Waals surface area contributed by atoms with E-state index in [2.05, 4.69) is 27.5 Å². The Bertz CT molecular complexity index is 934. The predicted octanol–water partition coefficient (Wildman–Crippen LogP) is 6.03. The number of nitrogens with zero attached hydrogens (tertiary/aromatic N) is 2. The van der Waals surface area contributed by atoms with Gasteiger partial charge in [0.05, 0.1) is 22.3 Å². The van der Waals surface area contributed by atoms with Crippen LogP contribution in [0.4, 0.5) is 28.7 Å². The first-order valence-electron chi connectivity index (χ1n) is 8.90. The van der Waals surface area contributed by atoms with Crippen LogP contribution in [0.1, 0.15) is 19.8 Å². The molecule has 2 aromatic carbocycles. The SMILES string of the molecule is CCCCOc1ccc(Nc2ncnc(Nc3cccc(Cl)c3Cl)c2N)cc1. The van der Waals surface area contributed by atoms with Crippen LogP contribution in [-0.4, -0.2) is 16.6 Å².